The number of carbonyl (C=O) groups is 1. The smallest absolute Gasteiger partial charge is 0.295 e. The van der Waals surface area contributed by atoms with Crippen molar-refractivity contribution in [3.8, 4) is 0 Å². The van der Waals surface area contributed by atoms with Gasteiger partial charge in [0.05, 0.1) is 0 Å². The Balaban J connectivity index is 1.39. The van der Waals surface area contributed by atoms with Gasteiger partial charge in [0, 0.05) is 38.3 Å². The van der Waals surface area contributed by atoms with Gasteiger partial charge in [-0.15, -0.1) is 0 Å². The summed E-state index contributed by atoms with van der Waals surface area (Å²) in [4.78, 5) is 36.6. The molecule has 0 saturated carbocycles. The Morgan fingerprint density at radius 2 is 1.81 bits per heavy atom. The number of aromatic nitrogens is 3. The highest BCUT2D eigenvalue weighted by molar-refractivity contribution is 5.79. The Kier molecular flexibility index (Phi) is 6.30. The maximum absolute atomic E-state index is 13.0. The zero-order valence-corrected chi connectivity index (χ0v) is 18.2. The van der Waals surface area contributed by atoms with Crippen molar-refractivity contribution in [1.29, 1.82) is 0 Å². The number of benzene rings is 1. The summed E-state index contributed by atoms with van der Waals surface area (Å²) in [6.07, 6.45) is 4.10. The monoisotopic (exact) mass is 419 g/mol. The maximum Gasteiger partial charge on any atom is 0.295 e. The molecule has 4 rings (SSSR count). The van der Waals surface area contributed by atoms with Crippen molar-refractivity contribution in [2.75, 3.05) is 18.0 Å². The Hall–Kier alpha value is -3.22. The summed E-state index contributed by atoms with van der Waals surface area (Å²) in [5, 5.41) is 3.07. The Morgan fingerprint density at radius 1 is 1.10 bits per heavy atom. The molecular formula is C24H29N5O2. The summed E-state index contributed by atoms with van der Waals surface area (Å²) < 4.78 is 1.67. The molecule has 7 nitrogen and oxygen atoms in total. The van der Waals surface area contributed by atoms with Crippen LogP contribution in [0.25, 0.3) is 11.2 Å². The fraction of sp³-hybridized carbons (Fsp3) is 0.417. The SMILES string of the molecule is CCc1ccc(CNC(=O)C2CCN(c3nc4cccnc4n(CC)c3=O)CC2)cc1. The average Bonchev–Trinajstić information content (AvgIpc) is 2.82. The Labute approximate surface area is 182 Å². The molecule has 0 bridgehead atoms. The van der Waals surface area contributed by atoms with E-state index in [0.717, 1.165) is 12.0 Å². The molecule has 1 saturated heterocycles. The molecule has 1 amide bonds. The van der Waals surface area contributed by atoms with Crippen LogP contribution in [-0.2, 0) is 24.3 Å². The van der Waals surface area contributed by atoms with E-state index in [9.17, 15) is 9.59 Å². The van der Waals surface area contributed by atoms with Crippen molar-refractivity contribution >= 4 is 22.9 Å². The van der Waals surface area contributed by atoms with E-state index in [1.54, 1.807) is 10.8 Å². The van der Waals surface area contributed by atoms with Gasteiger partial charge in [0.2, 0.25) is 5.91 Å². The molecule has 3 aromatic rings. The van der Waals surface area contributed by atoms with Crippen LogP contribution in [0.1, 0.15) is 37.8 Å². The summed E-state index contributed by atoms with van der Waals surface area (Å²) >= 11 is 0. The molecule has 1 N–H and O–H groups in total. The number of anilines is 1. The second-order valence-electron chi connectivity index (χ2n) is 7.98. The van der Waals surface area contributed by atoms with Gasteiger partial charge in [-0.05, 0) is 49.4 Å². The minimum absolute atomic E-state index is 0.0401. The number of nitrogens with one attached hydrogen (secondary N) is 1. The first-order chi connectivity index (χ1) is 15.1. The summed E-state index contributed by atoms with van der Waals surface area (Å²) in [5.74, 6) is 0.500. The number of hydrogen-bond donors (Lipinski definition) is 1. The van der Waals surface area contributed by atoms with E-state index in [0.29, 0.717) is 56.0 Å². The van der Waals surface area contributed by atoms with Gasteiger partial charge in [-0.2, -0.15) is 0 Å². The Bertz CT molecular complexity index is 1120. The van der Waals surface area contributed by atoms with Crippen LogP contribution in [-0.4, -0.2) is 33.5 Å². The third kappa shape index (κ3) is 4.45. The number of nitrogens with zero attached hydrogens (tertiary/aromatic N) is 4. The predicted octanol–water partition coefficient (Wildman–Crippen LogP) is 2.91. The van der Waals surface area contributed by atoms with Crippen molar-refractivity contribution in [1.82, 2.24) is 19.9 Å². The quantitative estimate of drug-likeness (QED) is 0.665. The first-order valence-corrected chi connectivity index (χ1v) is 11.1. The number of carbonyl (C=O) groups excluding carboxylic acids is 1. The highest BCUT2D eigenvalue weighted by Gasteiger charge is 2.27. The Morgan fingerprint density at radius 3 is 2.48 bits per heavy atom. The van der Waals surface area contributed by atoms with Crippen LogP contribution in [0.4, 0.5) is 5.82 Å². The molecule has 1 fully saturated rings. The van der Waals surface area contributed by atoms with E-state index in [2.05, 4.69) is 46.5 Å². The molecule has 0 unspecified atom stereocenters. The van der Waals surface area contributed by atoms with Crippen LogP contribution >= 0.6 is 0 Å². The third-order valence-electron chi connectivity index (χ3n) is 6.06. The van der Waals surface area contributed by atoms with Gasteiger partial charge in [0.25, 0.3) is 5.56 Å². The highest BCUT2D eigenvalue weighted by Crippen LogP contribution is 2.21. The maximum atomic E-state index is 13.0. The van der Waals surface area contributed by atoms with Crippen LogP contribution in [0.5, 0.6) is 0 Å². The van der Waals surface area contributed by atoms with Gasteiger partial charge >= 0.3 is 0 Å². The van der Waals surface area contributed by atoms with Crippen LogP contribution < -0.4 is 15.8 Å². The normalized spacial score (nSPS) is 14.7. The molecule has 31 heavy (non-hydrogen) atoms. The number of pyridine rings is 1. The molecule has 162 valence electrons. The third-order valence-corrected chi connectivity index (χ3v) is 6.06. The second kappa shape index (κ2) is 9.29. The molecule has 0 aliphatic carbocycles. The standard InChI is InChI=1S/C24H29N5O2/c1-3-17-7-9-18(10-8-17)16-26-23(30)19-11-14-28(15-12-19)22-24(31)29(4-2)21-20(27-22)6-5-13-25-21/h5-10,13,19H,3-4,11-12,14-16H2,1-2H3,(H,26,30). The van der Waals surface area contributed by atoms with Crippen molar-refractivity contribution in [2.45, 2.75) is 46.2 Å². The van der Waals surface area contributed by atoms with Gasteiger partial charge in [-0.1, -0.05) is 31.2 Å². The summed E-state index contributed by atoms with van der Waals surface area (Å²) in [6.45, 7) is 6.43. The number of piperidine rings is 1. The average molecular weight is 420 g/mol. The minimum atomic E-state index is -0.118. The zero-order chi connectivity index (χ0) is 21.8. The van der Waals surface area contributed by atoms with Gasteiger partial charge in [-0.3, -0.25) is 14.2 Å². The van der Waals surface area contributed by atoms with Gasteiger partial charge in [-0.25, -0.2) is 9.97 Å². The van der Waals surface area contributed by atoms with Crippen LogP contribution in [0.3, 0.4) is 0 Å². The lowest BCUT2D eigenvalue weighted by Gasteiger charge is -2.32. The molecule has 2 aromatic heterocycles. The minimum Gasteiger partial charge on any atom is -0.352 e. The van der Waals surface area contributed by atoms with E-state index in [4.69, 9.17) is 0 Å². The lowest BCUT2D eigenvalue weighted by atomic mass is 9.96. The van der Waals surface area contributed by atoms with E-state index in [1.165, 1.54) is 5.56 Å². The van der Waals surface area contributed by atoms with Gasteiger partial charge in [0.15, 0.2) is 11.5 Å². The fourth-order valence-corrected chi connectivity index (χ4v) is 4.14. The van der Waals surface area contributed by atoms with Gasteiger partial charge in [0.1, 0.15) is 5.52 Å². The predicted molar refractivity (Wildman–Crippen MR) is 122 cm³/mol. The van der Waals surface area contributed by atoms with Crippen LogP contribution in [0, 0.1) is 5.92 Å². The van der Waals surface area contributed by atoms with E-state index >= 15 is 0 Å². The molecule has 1 aromatic carbocycles. The zero-order valence-electron chi connectivity index (χ0n) is 18.2. The number of rotatable bonds is 6. The summed E-state index contributed by atoms with van der Waals surface area (Å²) in [5.41, 5.74) is 3.61. The molecule has 0 atom stereocenters. The topological polar surface area (TPSA) is 80.1 Å². The highest BCUT2D eigenvalue weighted by atomic mass is 16.2. The number of aryl methyl sites for hydroxylation is 2. The van der Waals surface area contributed by atoms with Crippen LogP contribution in [0.15, 0.2) is 47.4 Å². The van der Waals surface area contributed by atoms with Crippen LogP contribution in [0.2, 0.25) is 0 Å². The number of amides is 1. The van der Waals surface area contributed by atoms with E-state index in [-0.39, 0.29) is 17.4 Å². The fourth-order valence-electron chi connectivity index (χ4n) is 4.14. The lowest BCUT2D eigenvalue weighted by Crippen LogP contribution is -2.43. The molecular weight excluding hydrogens is 390 g/mol. The van der Waals surface area contributed by atoms with E-state index < -0.39 is 0 Å². The molecule has 1 aliphatic heterocycles. The van der Waals surface area contributed by atoms with E-state index in [1.807, 2.05) is 24.0 Å². The number of hydrogen-bond acceptors (Lipinski definition) is 5. The molecule has 0 radical (unpaired) electrons. The summed E-state index contributed by atoms with van der Waals surface area (Å²) in [7, 11) is 0. The first kappa shape index (κ1) is 21.0. The van der Waals surface area contributed by atoms with Crippen molar-refractivity contribution < 1.29 is 4.79 Å². The van der Waals surface area contributed by atoms with Gasteiger partial charge < -0.3 is 10.2 Å². The molecule has 1 aliphatic rings. The number of fused-ring (bicyclic) bond motifs is 1. The first-order valence-electron chi connectivity index (χ1n) is 11.1. The second-order valence-corrected chi connectivity index (χ2v) is 7.98. The molecule has 7 heteroatoms. The molecule has 3 heterocycles. The van der Waals surface area contributed by atoms with Crippen molar-refractivity contribution in [3.63, 3.8) is 0 Å². The van der Waals surface area contributed by atoms with Crippen molar-refractivity contribution in [3.05, 3.63) is 64.1 Å². The lowest BCUT2D eigenvalue weighted by molar-refractivity contribution is -0.125. The largest absolute Gasteiger partial charge is 0.352 e. The van der Waals surface area contributed by atoms with Crippen molar-refractivity contribution in [2.24, 2.45) is 5.92 Å². The molecule has 0 spiro atoms. The summed E-state index contributed by atoms with van der Waals surface area (Å²) in [6, 6.07) is 12.1.